The first-order chi connectivity index (χ1) is 4.16. The Labute approximate surface area is 49.4 Å². The minimum absolute atomic E-state index is 0.839. The van der Waals surface area contributed by atoms with Gasteiger partial charge in [0.2, 0.25) is 0 Å². The molecule has 0 unspecified atom stereocenters. The van der Waals surface area contributed by atoms with E-state index in [0.29, 0.717) is 0 Å². The topological polar surface area (TPSA) is 58.6 Å². The number of alkyl halides is 2. The summed E-state index contributed by atoms with van der Waals surface area (Å²) in [5, 5.41) is 7.72. The fraction of sp³-hybridized carbons (Fsp3) is 0.667. The number of hydrogen-bond donors (Lipinski definition) is 2. The predicted octanol–water partition coefficient (Wildman–Crippen LogP) is -0.269. The molecule has 9 heavy (non-hydrogen) atoms. The molecule has 0 saturated carbocycles. The van der Waals surface area contributed by atoms with Crippen molar-refractivity contribution in [2.24, 2.45) is 0 Å². The second-order valence-electron chi connectivity index (χ2n) is 1.11. The number of amides is 1. The third-order valence-electron chi connectivity index (χ3n) is 0.465. The smallest absolute Gasteiger partial charge is 0.313 e. The number of hydrogen-bond acceptors (Lipinski definition) is 3. The average Bonchev–Trinajstić information content (AvgIpc) is 1.83. The fourth-order valence-corrected chi connectivity index (χ4v) is 0.171. The molecule has 0 atom stereocenters. The summed E-state index contributed by atoms with van der Waals surface area (Å²) in [4.78, 5) is 9.90. The van der Waals surface area contributed by atoms with E-state index >= 15 is 0 Å². The summed E-state index contributed by atoms with van der Waals surface area (Å²) in [5.41, 5.74) is 1.12. The van der Waals surface area contributed by atoms with E-state index in [1.807, 2.05) is 0 Å². The van der Waals surface area contributed by atoms with Crippen molar-refractivity contribution in [3.8, 4) is 0 Å². The van der Waals surface area contributed by atoms with Gasteiger partial charge in [-0.3, -0.25) is 10.0 Å². The van der Waals surface area contributed by atoms with Crippen LogP contribution in [0.4, 0.5) is 8.78 Å². The minimum Gasteiger partial charge on any atom is -0.313 e. The normalized spacial score (nSPS) is 9.78. The van der Waals surface area contributed by atoms with Gasteiger partial charge in [0.15, 0.2) is 0 Å². The zero-order chi connectivity index (χ0) is 7.28. The van der Waals surface area contributed by atoms with E-state index in [9.17, 15) is 13.6 Å². The first-order valence-electron chi connectivity index (χ1n) is 1.99. The van der Waals surface area contributed by atoms with Crippen molar-refractivity contribution in [3.05, 3.63) is 0 Å². The van der Waals surface area contributed by atoms with Crippen molar-refractivity contribution in [2.45, 2.75) is 6.61 Å². The molecule has 1 amide bonds. The molecule has 54 valence electrons. The highest BCUT2D eigenvalue weighted by molar-refractivity contribution is 5.75. The third kappa shape index (κ3) is 5.12. The molecular formula is C3H5F2NO3. The molecule has 0 heterocycles. The van der Waals surface area contributed by atoms with Crippen LogP contribution in [0.25, 0.3) is 0 Å². The van der Waals surface area contributed by atoms with Gasteiger partial charge in [0, 0.05) is 0 Å². The van der Waals surface area contributed by atoms with Crippen molar-refractivity contribution in [1.82, 2.24) is 5.48 Å². The minimum atomic E-state index is -2.98. The van der Waals surface area contributed by atoms with Gasteiger partial charge in [-0.25, -0.2) is 5.48 Å². The Bertz CT molecular complexity index is 97.1. The largest absolute Gasteiger partial charge is 0.345 e. The maximum atomic E-state index is 11.0. The summed E-state index contributed by atoms with van der Waals surface area (Å²) in [5.74, 6) is -1.00. The summed E-state index contributed by atoms with van der Waals surface area (Å²) < 4.78 is 25.6. The van der Waals surface area contributed by atoms with Crippen LogP contribution in [0.15, 0.2) is 0 Å². The second kappa shape index (κ2) is 4.16. The lowest BCUT2D eigenvalue weighted by atomic mass is 10.7. The molecule has 0 aromatic heterocycles. The molecule has 0 aliphatic rings. The van der Waals surface area contributed by atoms with Crippen LogP contribution in [0.3, 0.4) is 0 Å². The Balaban J connectivity index is 3.17. The Morgan fingerprint density at radius 1 is 1.78 bits per heavy atom. The molecule has 0 rings (SSSR count). The summed E-state index contributed by atoms with van der Waals surface area (Å²) in [6.07, 6.45) is 0. The van der Waals surface area contributed by atoms with Gasteiger partial charge in [-0.1, -0.05) is 0 Å². The summed E-state index contributed by atoms with van der Waals surface area (Å²) in [6, 6.07) is 0. The quantitative estimate of drug-likeness (QED) is 0.420. The zero-order valence-electron chi connectivity index (χ0n) is 4.30. The van der Waals surface area contributed by atoms with Crippen LogP contribution < -0.4 is 5.48 Å². The molecule has 0 aromatic rings. The number of halogens is 2. The lowest BCUT2D eigenvalue weighted by Gasteiger charge is -1.98. The van der Waals surface area contributed by atoms with Gasteiger partial charge in [0.25, 0.3) is 5.91 Å². The van der Waals surface area contributed by atoms with Crippen LogP contribution in [0.5, 0.6) is 0 Å². The first-order valence-corrected chi connectivity index (χ1v) is 1.99. The van der Waals surface area contributed by atoms with E-state index in [2.05, 4.69) is 4.74 Å². The first kappa shape index (κ1) is 8.25. The zero-order valence-corrected chi connectivity index (χ0v) is 4.30. The van der Waals surface area contributed by atoms with Crippen LogP contribution >= 0.6 is 0 Å². The standard InChI is InChI=1S/C3H5F2NO3/c4-3(5)9-1-2(7)6-8/h3,8H,1H2,(H,6,7). The Hall–Kier alpha value is -0.750. The predicted molar refractivity (Wildman–Crippen MR) is 21.9 cm³/mol. The number of carbonyl (C=O) groups is 1. The molecule has 0 saturated heterocycles. The van der Waals surface area contributed by atoms with Crippen LogP contribution in [0, 0.1) is 0 Å². The van der Waals surface area contributed by atoms with Gasteiger partial charge in [0.1, 0.15) is 6.61 Å². The molecule has 6 heteroatoms. The maximum absolute atomic E-state index is 11.0. The number of hydroxylamine groups is 1. The van der Waals surface area contributed by atoms with Gasteiger partial charge < -0.3 is 4.74 Å². The van der Waals surface area contributed by atoms with Gasteiger partial charge in [0.05, 0.1) is 0 Å². The Morgan fingerprint density at radius 3 is 2.67 bits per heavy atom. The molecule has 0 bridgehead atoms. The highest BCUT2D eigenvalue weighted by Crippen LogP contribution is 1.92. The molecular weight excluding hydrogens is 136 g/mol. The van der Waals surface area contributed by atoms with Gasteiger partial charge in [-0.05, 0) is 0 Å². The van der Waals surface area contributed by atoms with Crippen LogP contribution in [0.1, 0.15) is 0 Å². The van der Waals surface area contributed by atoms with Crippen LogP contribution in [-0.4, -0.2) is 24.3 Å². The van der Waals surface area contributed by atoms with Crippen LogP contribution in [0.2, 0.25) is 0 Å². The number of rotatable bonds is 3. The van der Waals surface area contributed by atoms with E-state index in [1.165, 1.54) is 0 Å². The number of ether oxygens (including phenoxy) is 1. The van der Waals surface area contributed by atoms with Crippen molar-refractivity contribution in [1.29, 1.82) is 0 Å². The third-order valence-corrected chi connectivity index (χ3v) is 0.465. The van der Waals surface area contributed by atoms with E-state index in [4.69, 9.17) is 5.21 Å². The second-order valence-corrected chi connectivity index (χ2v) is 1.11. The fourth-order valence-electron chi connectivity index (χ4n) is 0.171. The molecule has 2 N–H and O–H groups in total. The monoisotopic (exact) mass is 141 g/mol. The van der Waals surface area contributed by atoms with E-state index in [0.717, 1.165) is 5.48 Å². The number of carbonyl (C=O) groups excluding carboxylic acids is 1. The lowest BCUT2D eigenvalue weighted by molar-refractivity contribution is -0.157. The molecule has 0 spiro atoms. The SMILES string of the molecule is O=C(COC(F)F)NO. The van der Waals surface area contributed by atoms with Gasteiger partial charge in [-0.15, -0.1) is 0 Å². The summed E-state index contributed by atoms with van der Waals surface area (Å²) >= 11 is 0. The van der Waals surface area contributed by atoms with E-state index in [1.54, 1.807) is 0 Å². The highest BCUT2D eigenvalue weighted by atomic mass is 19.3. The summed E-state index contributed by atoms with van der Waals surface area (Å²) in [7, 11) is 0. The molecule has 0 aliphatic heterocycles. The molecule has 0 aromatic carbocycles. The van der Waals surface area contributed by atoms with Crippen molar-refractivity contribution < 1.29 is 23.5 Å². The van der Waals surface area contributed by atoms with Crippen molar-refractivity contribution in [2.75, 3.05) is 6.61 Å². The average molecular weight is 141 g/mol. The molecule has 0 aliphatic carbocycles. The Morgan fingerprint density at radius 2 is 2.33 bits per heavy atom. The van der Waals surface area contributed by atoms with Crippen LogP contribution in [-0.2, 0) is 9.53 Å². The van der Waals surface area contributed by atoms with Crippen molar-refractivity contribution >= 4 is 5.91 Å². The Kier molecular flexibility index (Phi) is 3.81. The summed E-state index contributed by atoms with van der Waals surface area (Å²) in [6.45, 7) is -3.82. The maximum Gasteiger partial charge on any atom is 0.345 e. The molecule has 0 radical (unpaired) electrons. The van der Waals surface area contributed by atoms with E-state index < -0.39 is 19.1 Å². The molecule has 4 nitrogen and oxygen atoms in total. The van der Waals surface area contributed by atoms with Gasteiger partial charge >= 0.3 is 6.61 Å². The highest BCUT2D eigenvalue weighted by Gasteiger charge is 2.04. The molecule has 0 fully saturated rings. The van der Waals surface area contributed by atoms with E-state index in [-0.39, 0.29) is 0 Å². The van der Waals surface area contributed by atoms with Crippen molar-refractivity contribution in [3.63, 3.8) is 0 Å². The van der Waals surface area contributed by atoms with Gasteiger partial charge in [-0.2, -0.15) is 8.78 Å². The lowest BCUT2D eigenvalue weighted by Crippen LogP contribution is -2.24. The number of nitrogens with one attached hydrogen (secondary N) is 1.